The number of hydrogen-bond acceptors (Lipinski definition) is 3. The van der Waals surface area contributed by atoms with Gasteiger partial charge in [0.1, 0.15) is 5.82 Å². The lowest BCUT2D eigenvalue weighted by molar-refractivity contribution is -0.129. The second kappa shape index (κ2) is 4.73. The van der Waals surface area contributed by atoms with Crippen LogP contribution < -0.4 is 4.90 Å². The minimum absolute atomic E-state index is 0.158. The normalized spacial score (nSPS) is 16.8. The van der Waals surface area contributed by atoms with Crippen LogP contribution in [-0.4, -0.2) is 42.5 Å². The quantitative estimate of drug-likeness (QED) is 0.776. The Morgan fingerprint density at radius 3 is 2.59 bits per heavy atom. The van der Waals surface area contributed by atoms with Crippen molar-refractivity contribution in [2.24, 2.45) is 0 Å². The van der Waals surface area contributed by atoms with Crippen LogP contribution in [0.2, 0.25) is 0 Å². The smallest absolute Gasteiger partial charge is 0.241 e. The van der Waals surface area contributed by atoms with Crippen LogP contribution in [0.25, 0.3) is 0 Å². The van der Waals surface area contributed by atoms with E-state index >= 15 is 0 Å². The summed E-state index contributed by atoms with van der Waals surface area (Å²) in [6, 6.07) is 4.10. The molecule has 1 saturated heterocycles. The number of carbonyl (C=O) groups excluding carboxylic acids is 1. The van der Waals surface area contributed by atoms with Crippen molar-refractivity contribution in [3.63, 3.8) is 0 Å². The standard InChI is InChI=1S/C13H19N3O/c1-10(2)11-4-5-12(14-8-11)16-7-6-15(3)13(17)9-16/h4-5,8,10H,6-7,9H2,1-3H3. The summed E-state index contributed by atoms with van der Waals surface area (Å²) < 4.78 is 0. The fourth-order valence-electron chi connectivity index (χ4n) is 1.88. The highest BCUT2D eigenvalue weighted by Crippen LogP contribution is 2.18. The minimum Gasteiger partial charge on any atom is -0.346 e. The van der Waals surface area contributed by atoms with Gasteiger partial charge >= 0.3 is 0 Å². The van der Waals surface area contributed by atoms with Crippen molar-refractivity contribution in [1.82, 2.24) is 9.88 Å². The summed E-state index contributed by atoms with van der Waals surface area (Å²) >= 11 is 0. The van der Waals surface area contributed by atoms with Gasteiger partial charge in [-0.2, -0.15) is 0 Å². The van der Waals surface area contributed by atoms with Crippen LogP contribution >= 0.6 is 0 Å². The fourth-order valence-corrected chi connectivity index (χ4v) is 1.88. The van der Waals surface area contributed by atoms with E-state index in [0.29, 0.717) is 12.5 Å². The highest BCUT2D eigenvalue weighted by atomic mass is 16.2. The van der Waals surface area contributed by atoms with E-state index in [9.17, 15) is 4.79 Å². The van der Waals surface area contributed by atoms with E-state index < -0.39 is 0 Å². The monoisotopic (exact) mass is 233 g/mol. The molecule has 1 fully saturated rings. The van der Waals surface area contributed by atoms with Gasteiger partial charge in [0.2, 0.25) is 5.91 Å². The Labute approximate surface area is 102 Å². The third-order valence-corrected chi connectivity index (χ3v) is 3.22. The zero-order valence-electron chi connectivity index (χ0n) is 10.7. The number of rotatable bonds is 2. The van der Waals surface area contributed by atoms with E-state index in [-0.39, 0.29) is 5.91 Å². The molecule has 0 aliphatic carbocycles. The molecule has 1 aromatic rings. The van der Waals surface area contributed by atoms with E-state index in [1.54, 1.807) is 4.90 Å². The number of nitrogens with zero attached hydrogens (tertiary/aromatic N) is 3. The first-order chi connectivity index (χ1) is 8.08. The van der Waals surface area contributed by atoms with Crippen molar-refractivity contribution in [2.45, 2.75) is 19.8 Å². The maximum Gasteiger partial charge on any atom is 0.241 e. The van der Waals surface area contributed by atoms with E-state index in [1.807, 2.05) is 24.2 Å². The molecule has 0 N–H and O–H groups in total. The summed E-state index contributed by atoms with van der Waals surface area (Å²) in [5.41, 5.74) is 1.23. The van der Waals surface area contributed by atoms with Crippen LogP contribution in [-0.2, 0) is 4.79 Å². The molecule has 4 nitrogen and oxygen atoms in total. The molecule has 1 aliphatic heterocycles. The van der Waals surface area contributed by atoms with Crippen LogP contribution in [0.4, 0.5) is 5.82 Å². The van der Waals surface area contributed by atoms with Gasteiger partial charge in [-0.3, -0.25) is 4.79 Å². The Balaban J connectivity index is 2.10. The molecule has 1 amide bonds. The van der Waals surface area contributed by atoms with Crippen molar-refractivity contribution in [2.75, 3.05) is 31.6 Å². The molecule has 0 radical (unpaired) electrons. The van der Waals surface area contributed by atoms with Gasteiger partial charge in [-0.15, -0.1) is 0 Å². The molecule has 1 aliphatic rings. The number of carbonyl (C=O) groups is 1. The summed E-state index contributed by atoms with van der Waals surface area (Å²) in [6.45, 7) is 6.36. The molecule has 0 aromatic carbocycles. The summed E-state index contributed by atoms with van der Waals surface area (Å²) in [4.78, 5) is 19.8. The maximum atomic E-state index is 11.6. The first-order valence-electron chi connectivity index (χ1n) is 6.03. The summed E-state index contributed by atoms with van der Waals surface area (Å²) in [6.07, 6.45) is 1.91. The molecule has 2 rings (SSSR count). The number of amides is 1. The van der Waals surface area contributed by atoms with Crippen LogP contribution in [0.15, 0.2) is 18.3 Å². The lowest BCUT2D eigenvalue weighted by Crippen LogP contribution is -2.48. The van der Waals surface area contributed by atoms with E-state index in [2.05, 4.69) is 24.9 Å². The predicted octanol–water partition coefficient (Wildman–Crippen LogP) is 1.48. The van der Waals surface area contributed by atoms with Crippen molar-refractivity contribution >= 4 is 11.7 Å². The molecular formula is C13H19N3O. The molecule has 2 heterocycles. The Morgan fingerprint density at radius 2 is 2.06 bits per heavy atom. The summed E-state index contributed by atoms with van der Waals surface area (Å²) in [5.74, 6) is 1.55. The van der Waals surface area contributed by atoms with Gasteiger partial charge in [-0.05, 0) is 17.5 Å². The van der Waals surface area contributed by atoms with Gasteiger partial charge in [0.25, 0.3) is 0 Å². The van der Waals surface area contributed by atoms with Gasteiger partial charge in [-0.25, -0.2) is 4.98 Å². The van der Waals surface area contributed by atoms with Gasteiger partial charge in [-0.1, -0.05) is 19.9 Å². The zero-order valence-corrected chi connectivity index (χ0v) is 10.7. The average Bonchev–Trinajstić information content (AvgIpc) is 2.33. The predicted molar refractivity (Wildman–Crippen MR) is 68.2 cm³/mol. The molecular weight excluding hydrogens is 214 g/mol. The highest BCUT2D eigenvalue weighted by molar-refractivity contribution is 5.82. The Kier molecular flexibility index (Phi) is 3.31. The van der Waals surface area contributed by atoms with Gasteiger partial charge in [0.05, 0.1) is 6.54 Å². The number of aromatic nitrogens is 1. The number of anilines is 1. The van der Waals surface area contributed by atoms with Gasteiger partial charge in [0.15, 0.2) is 0 Å². The average molecular weight is 233 g/mol. The second-order valence-electron chi connectivity index (χ2n) is 4.84. The Bertz CT molecular complexity index is 400. The molecule has 92 valence electrons. The number of likely N-dealkylation sites (N-methyl/N-ethyl adjacent to an activating group) is 1. The second-order valence-corrected chi connectivity index (χ2v) is 4.84. The van der Waals surface area contributed by atoms with E-state index in [4.69, 9.17) is 0 Å². The van der Waals surface area contributed by atoms with Crippen LogP contribution in [0.1, 0.15) is 25.3 Å². The van der Waals surface area contributed by atoms with Crippen LogP contribution in [0.5, 0.6) is 0 Å². The fraction of sp³-hybridized carbons (Fsp3) is 0.538. The largest absolute Gasteiger partial charge is 0.346 e. The van der Waals surface area contributed by atoms with Crippen molar-refractivity contribution in [3.05, 3.63) is 23.9 Å². The molecule has 0 saturated carbocycles. The third-order valence-electron chi connectivity index (χ3n) is 3.22. The molecule has 0 spiro atoms. The van der Waals surface area contributed by atoms with Gasteiger partial charge in [0, 0.05) is 26.3 Å². The molecule has 0 atom stereocenters. The topological polar surface area (TPSA) is 36.4 Å². The molecule has 0 bridgehead atoms. The number of hydrogen-bond donors (Lipinski definition) is 0. The minimum atomic E-state index is 0.158. The van der Waals surface area contributed by atoms with Crippen LogP contribution in [0, 0.1) is 0 Å². The first-order valence-corrected chi connectivity index (χ1v) is 6.03. The van der Waals surface area contributed by atoms with E-state index in [0.717, 1.165) is 18.9 Å². The SMILES string of the molecule is CC(C)c1ccc(N2CCN(C)C(=O)C2)nc1. The number of piperazine rings is 1. The molecule has 1 aromatic heterocycles. The zero-order chi connectivity index (χ0) is 12.4. The number of pyridine rings is 1. The summed E-state index contributed by atoms with van der Waals surface area (Å²) in [5, 5.41) is 0. The van der Waals surface area contributed by atoms with Crippen molar-refractivity contribution in [3.8, 4) is 0 Å². The van der Waals surface area contributed by atoms with Gasteiger partial charge < -0.3 is 9.80 Å². The lowest BCUT2D eigenvalue weighted by Gasteiger charge is -2.32. The van der Waals surface area contributed by atoms with Crippen molar-refractivity contribution < 1.29 is 4.79 Å². The lowest BCUT2D eigenvalue weighted by atomic mass is 10.1. The summed E-state index contributed by atoms with van der Waals surface area (Å²) in [7, 11) is 1.84. The Hall–Kier alpha value is -1.58. The molecule has 4 heteroatoms. The third kappa shape index (κ3) is 2.57. The van der Waals surface area contributed by atoms with E-state index in [1.165, 1.54) is 5.56 Å². The maximum absolute atomic E-state index is 11.6. The van der Waals surface area contributed by atoms with Crippen LogP contribution in [0.3, 0.4) is 0 Å². The highest BCUT2D eigenvalue weighted by Gasteiger charge is 2.21. The molecule has 0 unspecified atom stereocenters. The Morgan fingerprint density at radius 1 is 1.29 bits per heavy atom. The molecule has 17 heavy (non-hydrogen) atoms. The first kappa shape index (κ1) is 11.9. The van der Waals surface area contributed by atoms with Crippen molar-refractivity contribution in [1.29, 1.82) is 0 Å².